The first kappa shape index (κ1) is 18.3. The average molecular weight is 366 g/mol. The van der Waals surface area contributed by atoms with Crippen molar-refractivity contribution < 1.29 is 9.53 Å². The van der Waals surface area contributed by atoms with Crippen molar-refractivity contribution in [3.05, 3.63) is 23.2 Å². The lowest BCUT2D eigenvalue weighted by Crippen LogP contribution is -2.45. The Bertz CT molecular complexity index is 596. The molecule has 2 aliphatic heterocycles. The molecule has 6 heteroatoms. The molecule has 2 saturated heterocycles. The predicted octanol–water partition coefficient (Wildman–Crippen LogP) is 3.24. The number of benzene rings is 1. The molecular weight excluding hydrogens is 338 g/mol. The van der Waals surface area contributed by atoms with Gasteiger partial charge in [0.15, 0.2) is 0 Å². The lowest BCUT2D eigenvalue weighted by molar-refractivity contribution is -0.132. The van der Waals surface area contributed by atoms with E-state index < -0.39 is 0 Å². The van der Waals surface area contributed by atoms with E-state index in [2.05, 4.69) is 17.1 Å². The minimum absolute atomic E-state index is 0.166. The van der Waals surface area contributed by atoms with Crippen molar-refractivity contribution in [2.24, 2.45) is 5.92 Å². The number of carbonyl (C=O) groups excluding carboxylic acids is 1. The second-order valence-corrected chi connectivity index (χ2v) is 7.57. The highest BCUT2D eigenvalue weighted by molar-refractivity contribution is 6.31. The van der Waals surface area contributed by atoms with Gasteiger partial charge in [0.1, 0.15) is 6.04 Å². The molecule has 138 valence electrons. The number of halogens is 1. The van der Waals surface area contributed by atoms with Crippen LogP contribution in [-0.4, -0.2) is 56.2 Å². The fourth-order valence-corrected chi connectivity index (χ4v) is 3.67. The fraction of sp³-hybridized carbons (Fsp3) is 0.632. The van der Waals surface area contributed by atoms with Crippen LogP contribution in [0, 0.1) is 5.92 Å². The molecule has 0 spiro atoms. The normalized spacial score (nSPS) is 20.4. The van der Waals surface area contributed by atoms with Crippen molar-refractivity contribution in [3.63, 3.8) is 0 Å². The lowest BCUT2D eigenvalue weighted by Gasteiger charge is -2.34. The van der Waals surface area contributed by atoms with Crippen LogP contribution >= 0.6 is 11.6 Å². The van der Waals surface area contributed by atoms with Crippen LogP contribution in [0.25, 0.3) is 0 Å². The first-order valence-corrected chi connectivity index (χ1v) is 9.60. The molecule has 2 fully saturated rings. The molecule has 3 rings (SSSR count). The zero-order valence-corrected chi connectivity index (χ0v) is 15.9. The highest BCUT2D eigenvalue weighted by atomic mass is 35.5. The van der Waals surface area contributed by atoms with Crippen molar-refractivity contribution in [1.82, 2.24) is 4.90 Å². The first-order chi connectivity index (χ1) is 12.0. The fourth-order valence-electron chi connectivity index (χ4n) is 3.50. The smallest absolute Gasteiger partial charge is 0.244 e. The van der Waals surface area contributed by atoms with E-state index >= 15 is 0 Å². The molecule has 1 unspecified atom stereocenters. The Labute approximate surface area is 155 Å². The van der Waals surface area contributed by atoms with Crippen molar-refractivity contribution in [2.75, 3.05) is 49.6 Å². The molecule has 1 atom stereocenters. The van der Waals surface area contributed by atoms with E-state index in [1.165, 1.54) is 0 Å². The summed E-state index contributed by atoms with van der Waals surface area (Å²) in [5, 5.41) is 4.07. The quantitative estimate of drug-likeness (QED) is 0.889. The Morgan fingerprint density at radius 3 is 2.60 bits per heavy atom. The number of nitrogens with zero attached hydrogens (tertiary/aromatic N) is 2. The minimum atomic E-state index is -0.272. The molecule has 5 nitrogen and oxygen atoms in total. The van der Waals surface area contributed by atoms with Gasteiger partial charge in [-0.3, -0.25) is 4.79 Å². The Kier molecular flexibility index (Phi) is 6.07. The van der Waals surface area contributed by atoms with E-state index in [4.69, 9.17) is 16.3 Å². The van der Waals surface area contributed by atoms with Gasteiger partial charge in [-0.1, -0.05) is 18.5 Å². The van der Waals surface area contributed by atoms with Crippen molar-refractivity contribution >= 4 is 28.9 Å². The molecule has 0 bridgehead atoms. The van der Waals surface area contributed by atoms with Gasteiger partial charge in [-0.05, 0) is 43.9 Å². The SMILES string of the molecule is CC1CCN(C(=O)C(C)Nc2cc(Cl)ccc2N2CCOCC2)CC1. The highest BCUT2D eigenvalue weighted by Gasteiger charge is 2.25. The summed E-state index contributed by atoms with van der Waals surface area (Å²) in [4.78, 5) is 17.0. The van der Waals surface area contributed by atoms with Crippen LogP contribution in [0.4, 0.5) is 11.4 Å². The zero-order valence-electron chi connectivity index (χ0n) is 15.1. The van der Waals surface area contributed by atoms with Gasteiger partial charge in [-0.25, -0.2) is 0 Å². The Morgan fingerprint density at radius 2 is 1.92 bits per heavy atom. The lowest BCUT2D eigenvalue weighted by atomic mass is 9.99. The Balaban J connectivity index is 1.70. The van der Waals surface area contributed by atoms with Gasteiger partial charge in [0.2, 0.25) is 5.91 Å². The summed E-state index contributed by atoms with van der Waals surface area (Å²) in [5.41, 5.74) is 2.00. The molecule has 1 amide bonds. The monoisotopic (exact) mass is 365 g/mol. The summed E-state index contributed by atoms with van der Waals surface area (Å²) in [6.07, 6.45) is 2.18. The van der Waals surface area contributed by atoms with Crippen LogP contribution in [0.5, 0.6) is 0 Å². The van der Waals surface area contributed by atoms with E-state index in [0.29, 0.717) is 10.9 Å². The van der Waals surface area contributed by atoms with Crippen molar-refractivity contribution in [3.8, 4) is 0 Å². The van der Waals surface area contributed by atoms with Gasteiger partial charge < -0.3 is 19.9 Å². The van der Waals surface area contributed by atoms with E-state index in [-0.39, 0.29) is 11.9 Å². The second-order valence-electron chi connectivity index (χ2n) is 7.13. The van der Waals surface area contributed by atoms with E-state index in [9.17, 15) is 4.79 Å². The number of anilines is 2. The highest BCUT2D eigenvalue weighted by Crippen LogP contribution is 2.30. The van der Waals surface area contributed by atoms with Gasteiger partial charge >= 0.3 is 0 Å². The number of morpholine rings is 1. The molecule has 0 saturated carbocycles. The summed E-state index contributed by atoms with van der Waals surface area (Å²) in [7, 11) is 0. The molecule has 25 heavy (non-hydrogen) atoms. The van der Waals surface area contributed by atoms with Gasteiger partial charge in [0.25, 0.3) is 0 Å². The standard InChI is InChI=1S/C19H28ClN3O2/c1-14-5-7-23(8-6-14)19(24)15(2)21-17-13-16(20)3-4-18(17)22-9-11-25-12-10-22/h3-4,13-15,21H,5-12H2,1-2H3. The summed E-state index contributed by atoms with van der Waals surface area (Å²) in [5.74, 6) is 0.882. The van der Waals surface area contributed by atoms with Crippen LogP contribution in [0.15, 0.2) is 18.2 Å². The topological polar surface area (TPSA) is 44.8 Å². The van der Waals surface area contributed by atoms with Gasteiger partial charge in [-0.2, -0.15) is 0 Å². The summed E-state index contributed by atoms with van der Waals surface area (Å²) >= 11 is 6.20. The number of piperidine rings is 1. The maximum atomic E-state index is 12.8. The molecule has 1 aromatic rings. The third kappa shape index (κ3) is 4.59. The maximum Gasteiger partial charge on any atom is 0.244 e. The number of hydrogen-bond acceptors (Lipinski definition) is 4. The average Bonchev–Trinajstić information content (AvgIpc) is 2.62. The summed E-state index contributed by atoms with van der Waals surface area (Å²) in [6.45, 7) is 9.06. The number of likely N-dealkylation sites (tertiary alicyclic amines) is 1. The number of ether oxygens (including phenoxy) is 1. The number of carbonyl (C=O) groups is 1. The van der Waals surface area contributed by atoms with Gasteiger partial charge in [0, 0.05) is 31.2 Å². The van der Waals surface area contributed by atoms with Crippen LogP contribution in [0.1, 0.15) is 26.7 Å². The Morgan fingerprint density at radius 1 is 1.24 bits per heavy atom. The summed E-state index contributed by atoms with van der Waals surface area (Å²) < 4.78 is 5.44. The van der Waals surface area contributed by atoms with Crippen molar-refractivity contribution in [1.29, 1.82) is 0 Å². The number of rotatable bonds is 4. The minimum Gasteiger partial charge on any atom is -0.378 e. The molecule has 0 radical (unpaired) electrons. The molecule has 0 aromatic heterocycles. The van der Waals surface area contributed by atoms with Gasteiger partial charge in [-0.15, -0.1) is 0 Å². The molecule has 1 N–H and O–H groups in total. The van der Waals surface area contributed by atoms with Crippen LogP contribution in [0.2, 0.25) is 5.02 Å². The second kappa shape index (κ2) is 8.28. The van der Waals surface area contributed by atoms with Crippen LogP contribution in [0.3, 0.4) is 0 Å². The van der Waals surface area contributed by atoms with E-state index in [1.54, 1.807) is 0 Å². The number of nitrogens with one attached hydrogen (secondary N) is 1. The zero-order chi connectivity index (χ0) is 17.8. The third-order valence-electron chi connectivity index (χ3n) is 5.15. The number of hydrogen-bond donors (Lipinski definition) is 1. The third-order valence-corrected chi connectivity index (χ3v) is 5.38. The molecule has 2 aliphatic rings. The van der Waals surface area contributed by atoms with Crippen LogP contribution in [-0.2, 0) is 9.53 Å². The first-order valence-electron chi connectivity index (χ1n) is 9.22. The molecular formula is C19H28ClN3O2. The molecule has 0 aliphatic carbocycles. The Hall–Kier alpha value is -1.46. The van der Waals surface area contributed by atoms with E-state index in [0.717, 1.165) is 63.6 Å². The summed E-state index contributed by atoms with van der Waals surface area (Å²) in [6, 6.07) is 5.56. The molecule has 1 aromatic carbocycles. The maximum absolute atomic E-state index is 12.8. The van der Waals surface area contributed by atoms with Gasteiger partial charge in [0.05, 0.1) is 24.6 Å². The largest absolute Gasteiger partial charge is 0.378 e. The van der Waals surface area contributed by atoms with Crippen LogP contribution < -0.4 is 10.2 Å². The predicted molar refractivity (Wildman–Crippen MR) is 103 cm³/mol. The van der Waals surface area contributed by atoms with E-state index in [1.807, 2.05) is 30.0 Å². The molecule has 2 heterocycles. The number of amides is 1. The van der Waals surface area contributed by atoms with Crippen molar-refractivity contribution in [2.45, 2.75) is 32.7 Å².